The van der Waals surface area contributed by atoms with Crippen LogP contribution in [0.5, 0.6) is 0 Å². The number of ether oxygens (including phenoxy) is 1. The van der Waals surface area contributed by atoms with E-state index >= 15 is 0 Å². The highest BCUT2D eigenvalue weighted by Gasteiger charge is 2.33. The predicted octanol–water partition coefficient (Wildman–Crippen LogP) is 4.25. The molecule has 1 aliphatic rings. The molecule has 3 nitrogen and oxygen atoms in total. The van der Waals surface area contributed by atoms with E-state index in [1.807, 2.05) is 20.8 Å². The van der Waals surface area contributed by atoms with Crippen molar-refractivity contribution in [1.82, 2.24) is 5.32 Å². The number of carbonyl (C=O) groups is 1. The van der Waals surface area contributed by atoms with Gasteiger partial charge in [-0.05, 0) is 51.9 Å². The Labute approximate surface area is 119 Å². The van der Waals surface area contributed by atoms with Gasteiger partial charge in [0.2, 0.25) is 0 Å². The number of hydrogen-bond donors (Lipinski definition) is 1. The Hall–Kier alpha value is -0.250. The molecule has 0 bridgehead atoms. The van der Waals surface area contributed by atoms with Gasteiger partial charge in [0.25, 0.3) is 0 Å². The van der Waals surface area contributed by atoms with Crippen LogP contribution in [0, 0.1) is 5.41 Å². The number of amides is 1. The first kappa shape index (κ1) is 15.8. The van der Waals surface area contributed by atoms with E-state index in [1.54, 1.807) is 0 Å². The van der Waals surface area contributed by atoms with Crippen molar-refractivity contribution in [2.45, 2.75) is 64.9 Å². The molecule has 0 aliphatic heterocycles. The number of alkyl carbamates (subject to hydrolysis) is 1. The number of carbonyl (C=O) groups excluding carboxylic acids is 1. The van der Waals surface area contributed by atoms with Crippen molar-refractivity contribution < 1.29 is 9.53 Å². The molecule has 1 fully saturated rings. The average Bonchev–Trinajstić information content (AvgIpc) is 2.71. The largest absolute Gasteiger partial charge is 0.444 e. The zero-order valence-electron chi connectivity index (χ0n) is 11.9. The minimum Gasteiger partial charge on any atom is -0.444 e. The quantitative estimate of drug-likeness (QED) is 0.769. The third-order valence-electron chi connectivity index (χ3n) is 3.51. The molecule has 0 aromatic rings. The van der Waals surface area contributed by atoms with Gasteiger partial charge in [0.1, 0.15) is 5.60 Å². The molecule has 0 aromatic heterocycles. The van der Waals surface area contributed by atoms with E-state index < -0.39 is 5.60 Å². The van der Waals surface area contributed by atoms with Gasteiger partial charge in [-0.3, -0.25) is 0 Å². The molecule has 0 spiro atoms. The number of hydrogen-bond acceptors (Lipinski definition) is 2. The van der Waals surface area contributed by atoms with Crippen LogP contribution in [-0.2, 0) is 4.74 Å². The molecule has 0 radical (unpaired) electrons. The minimum absolute atomic E-state index is 0.285. The Bertz CT molecular complexity index is 267. The molecule has 1 rings (SSSR count). The van der Waals surface area contributed by atoms with Crippen molar-refractivity contribution in [1.29, 1.82) is 0 Å². The summed E-state index contributed by atoms with van der Waals surface area (Å²) in [5.74, 6) is 0. The zero-order valence-corrected chi connectivity index (χ0v) is 13.4. The van der Waals surface area contributed by atoms with Crippen LogP contribution in [0.4, 0.5) is 4.79 Å². The highest BCUT2D eigenvalue weighted by atomic mass is 79.9. The van der Waals surface area contributed by atoms with Crippen LogP contribution in [0.25, 0.3) is 0 Å². The van der Waals surface area contributed by atoms with Crippen molar-refractivity contribution in [3.8, 4) is 0 Å². The molecule has 1 amide bonds. The summed E-state index contributed by atoms with van der Waals surface area (Å²) in [5, 5.41) is 4.00. The summed E-state index contributed by atoms with van der Waals surface area (Å²) in [6, 6.07) is 0. The molecule has 1 N–H and O–H groups in total. The number of nitrogens with one attached hydrogen (secondary N) is 1. The maximum atomic E-state index is 11.7. The second-order valence-electron chi connectivity index (χ2n) is 6.36. The molecule has 1 saturated carbocycles. The summed E-state index contributed by atoms with van der Waals surface area (Å²) in [4.78, 5) is 11.7. The lowest BCUT2D eigenvalue weighted by Crippen LogP contribution is -2.39. The lowest BCUT2D eigenvalue weighted by atomic mass is 9.82. The van der Waals surface area contributed by atoms with Gasteiger partial charge < -0.3 is 10.1 Å². The molecule has 4 heteroatoms. The van der Waals surface area contributed by atoms with Crippen LogP contribution in [0.2, 0.25) is 0 Å². The molecular formula is C14H26BrNO2. The average molecular weight is 320 g/mol. The number of rotatable bonds is 5. The van der Waals surface area contributed by atoms with Crippen molar-refractivity contribution in [2.75, 3.05) is 11.9 Å². The van der Waals surface area contributed by atoms with Gasteiger partial charge in [0.15, 0.2) is 0 Å². The van der Waals surface area contributed by atoms with E-state index in [0.29, 0.717) is 5.41 Å². The van der Waals surface area contributed by atoms with Gasteiger partial charge >= 0.3 is 6.09 Å². The lowest BCUT2D eigenvalue weighted by Gasteiger charge is -2.30. The summed E-state index contributed by atoms with van der Waals surface area (Å²) in [5.41, 5.74) is -0.104. The smallest absolute Gasteiger partial charge is 0.407 e. The van der Waals surface area contributed by atoms with E-state index in [0.717, 1.165) is 11.9 Å². The molecule has 106 valence electrons. The maximum absolute atomic E-state index is 11.7. The fourth-order valence-electron chi connectivity index (χ4n) is 2.66. The van der Waals surface area contributed by atoms with Gasteiger partial charge in [-0.2, -0.15) is 0 Å². The summed E-state index contributed by atoms with van der Waals surface area (Å²) >= 11 is 3.49. The first-order chi connectivity index (χ1) is 8.37. The van der Waals surface area contributed by atoms with Crippen LogP contribution >= 0.6 is 15.9 Å². The normalized spacial score (nSPS) is 18.7. The Kier molecular flexibility index (Phi) is 5.96. The first-order valence-corrected chi connectivity index (χ1v) is 8.02. The van der Waals surface area contributed by atoms with Crippen LogP contribution in [-0.4, -0.2) is 23.6 Å². The van der Waals surface area contributed by atoms with E-state index in [2.05, 4.69) is 21.2 Å². The van der Waals surface area contributed by atoms with Crippen LogP contribution in [0.1, 0.15) is 59.3 Å². The Morgan fingerprint density at radius 2 is 1.94 bits per heavy atom. The number of alkyl halides is 1. The Morgan fingerprint density at radius 3 is 2.44 bits per heavy atom. The molecule has 0 saturated heterocycles. The highest BCUT2D eigenvalue weighted by Crippen LogP contribution is 2.41. The van der Waals surface area contributed by atoms with Crippen molar-refractivity contribution in [3.05, 3.63) is 0 Å². The number of halogens is 1. The van der Waals surface area contributed by atoms with Gasteiger partial charge in [0, 0.05) is 11.9 Å². The maximum Gasteiger partial charge on any atom is 0.407 e. The molecule has 18 heavy (non-hydrogen) atoms. The van der Waals surface area contributed by atoms with E-state index in [9.17, 15) is 4.79 Å². The Morgan fingerprint density at radius 1 is 1.33 bits per heavy atom. The zero-order chi connectivity index (χ0) is 13.6. The molecule has 0 aromatic carbocycles. The van der Waals surface area contributed by atoms with Crippen LogP contribution in [0.3, 0.4) is 0 Å². The predicted molar refractivity (Wildman–Crippen MR) is 78.2 cm³/mol. The van der Waals surface area contributed by atoms with Gasteiger partial charge in [-0.25, -0.2) is 4.79 Å². The standard InChI is InChI=1S/C14H26BrNO2/c1-13(2,3)18-12(17)16-11-14(9-6-10-15)7-4-5-8-14/h4-11H2,1-3H3,(H,16,17). The van der Waals surface area contributed by atoms with Gasteiger partial charge in [0.05, 0.1) is 0 Å². The molecule has 0 atom stereocenters. The van der Waals surface area contributed by atoms with E-state index in [-0.39, 0.29) is 6.09 Å². The highest BCUT2D eigenvalue weighted by molar-refractivity contribution is 9.09. The van der Waals surface area contributed by atoms with Crippen molar-refractivity contribution in [3.63, 3.8) is 0 Å². The summed E-state index contributed by atoms with van der Waals surface area (Å²) in [6.07, 6.45) is 7.12. The summed E-state index contributed by atoms with van der Waals surface area (Å²) < 4.78 is 5.29. The first-order valence-electron chi connectivity index (χ1n) is 6.90. The summed E-state index contributed by atoms with van der Waals surface area (Å²) in [6.45, 7) is 6.43. The minimum atomic E-state index is -0.414. The monoisotopic (exact) mass is 319 g/mol. The molecule has 1 aliphatic carbocycles. The summed E-state index contributed by atoms with van der Waals surface area (Å²) in [7, 11) is 0. The SMILES string of the molecule is CC(C)(C)OC(=O)NCC1(CCCBr)CCCC1. The van der Waals surface area contributed by atoms with Crippen molar-refractivity contribution >= 4 is 22.0 Å². The second kappa shape index (κ2) is 6.78. The van der Waals surface area contributed by atoms with E-state index in [4.69, 9.17) is 4.74 Å². The van der Waals surface area contributed by atoms with Gasteiger partial charge in [-0.15, -0.1) is 0 Å². The second-order valence-corrected chi connectivity index (χ2v) is 7.15. The molecular weight excluding hydrogens is 294 g/mol. The molecule has 0 unspecified atom stereocenters. The molecule has 0 heterocycles. The van der Waals surface area contributed by atoms with E-state index in [1.165, 1.54) is 38.5 Å². The lowest BCUT2D eigenvalue weighted by molar-refractivity contribution is 0.0497. The van der Waals surface area contributed by atoms with Crippen molar-refractivity contribution in [2.24, 2.45) is 5.41 Å². The fourth-order valence-corrected chi connectivity index (χ4v) is 2.94. The fraction of sp³-hybridized carbons (Fsp3) is 0.929. The van der Waals surface area contributed by atoms with Crippen LogP contribution in [0.15, 0.2) is 0 Å². The third-order valence-corrected chi connectivity index (χ3v) is 4.07. The van der Waals surface area contributed by atoms with Crippen LogP contribution < -0.4 is 5.32 Å². The Balaban J connectivity index is 2.40. The van der Waals surface area contributed by atoms with Gasteiger partial charge in [-0.1, -0.05) is 28.8 Å². The third kappa shape index (κ3) is 5.59. The topological polar surface area (TPSA) is 38.3 Å².